The van der Waals surface area contributed by atoms with E-state index in [1.807, 2.05) is 42.5 Å². The summed E-state index contributed by atoms with van der Waals surface area (Å²) in [5.41, 5.74) is 14.5. The highest BCUT2D eigenvalue weighted by molar-refractivity contribution is 6.18. The molecule has 0 fully saturated rings. The zero-order valence-corrected chi connectivity index (χ0v) is 33.5. The van der Waals surface area contributed by atoms with Gasteiger partial charge in [0.25, 0.3) is 0 Å². The van der Waals surface area contributed by atoms with E-state index in [0.717, 1.165) is 71.9 Å². The normalized spacial score (nSPS) is 11.5. The van der Waals surface area contributed by atoms with Gasteiger partial charge in [0.2, 0.25) is 0 Å². The Morgan fingerprint density at radius 3 is 1.48 bits per heavy atom. The molecule has 0 aliphatic heterocycles. The summed E-state index contributed by atoms with van der Waals surface area (Å²) < 4.78 is 9.26. The first kappa shape index (κ1) is 35.5. The summed E-state index contributed by atoms with van der Waals surface area (Å²) in [6.07, 6.45) is 0. The maximum atomic E-state index is 6.91. The molecule has 3 heterocycles. The fourth-order valence-corrected chi connectivity index (χ4v) is 8.84. The van der Waals surface area contributed by atoms with Gasteiger partial charge in [0.15, 0.2) is 17.5 Å². The molecule has 62 heavy (non-hydrogen) atoms. The van der Waals surface area contributed by atoms with Gasteiger partial charge in [0, 0.05) is 44.4 Å². The molecule has 0 aliphatic carbocycles. The molecule has 5 nitrogen and oxygen atoms in total. The summed E-state index contributed by atoms with van der Waals surface area (Å²) in [5.74, 6) is 1.75. The first-order chi connectivity index (χ1) is 30.7. The molecule has 0 aliphatic rings. The second-order valence-electron chi connectivity index (χ2n) is 15.6. The van der Waals surface area contributed by atoms with Gasteiger partial charge in [-0.15, -0.1) is 0 Å². The second kappa shape index (κ2) is 14.7. The van der Waals surface area contributed by atoms with E-state index >= 15 is 0 Å². The minimum absolute atomic E-state index is 0.553. The third kappa shape index (κ3) is 6.14. The first-order valence-corrected chi connectivity index (χ1v) is 20.8. The lowest BCUT2D eigenvalue weighted by atomic mass is 9.99. The van der Waals surface area contributed by atoms with Crippen LogP contribution >= 0.6 is 0 Å². The molecule has 5 heteroatoms. The Hall–Kier alpha value is -8.41. The molecule has 0 radical (unpaired) electrons. The fraction of sp³-hybridized carbons (Fsp3) is 0. The number of nitrogens with zero attached hydrogens (tertiary/aromatic N) is 4. The van der Waals surface area contributed by atoms with Gasteiger partial charge in [0.1, 0.15) is 11.2 Å². The van der Waals surface area contributed by atoms with E-state index in [4.69, 9.17) is 19.4 Å². The number of para-hydroxylation sites is 2. The van der Waals surface area contributed by atoms with Crippen molar-refractivity contribution in [3.05, 3.63) is 218 Å². The van der Waals surface area contributed by atoms with Crippen LogP contribution in [0.15, 0.2) is 223 Å². The van der Waals surface area contributed by atoms with Crippen molar-refractivity contribution in [1.29, 1.82) is 0 Å². The Morgan fingerprint density at radius 2 is 0.806 bits per heavy atom. The molecule has 0 bridgehead atoms. The molecule has 0 atom stereocenters. The van der Waals surface area contributed by atoms with Gasteiger partial charge in [-0.25, -0.2) is 15.0 Å². The van der Waals surface area contributed by atoms with Crippen LogP contribution in [-0.4, -0.2) is 19.5 Å². The van der Waals surface area contributed by atoms with Crippen LogP contribution in [0.3, 0.4) is 0 Å². The predicted octanol–water partition coefficient (Wildman–Crippen LogP) is 14.9. The van der Waals surface area contributed by atoms with Crippen molar-refractivity contribution in [2.75, 3.05) is 0 Å². The van der Waals surface area contributed by atoms with Crippen molar-refractivity contribution in [2.24, 2.45) is 0 Å². The Morgan fingerprint density at radius 1 is 0.306 bits per heavy atom. The van der Waals surface area contributed by atoms with Crippen molar-refractivity contribution < 1.29 is 4.42 Å². The topological polar surface area (TPSA) is 56.7 Å². The van der Waals surface area contributed by atoms with Gasteiger partial charge >= 0.3 is 0 Å². The Kier molecular flexibility index (Phi) is 8.42. The summed E-state index contributed by atoms with van der Waals surface area (Å²) in [6, 6.07) is 76.3. The van der Waals surface area contributed by atoms with Crippen LogP contribution in [0.2, 0.25) is 0 Å². The summed E-state index contributed by atoms with van der Waals surface area (Å²) in [6.45, 7) is 0. The Labute approximate surface area is 357 Å². The number of hydrogen-bond acceptors (Lipinski definition) is 4. The maximum Gasteiger partial charge on any atom is 0.167 e. The molecule has 0 unspecified atom stereocenters. The number of aromatic nitrogens is 4. The second-order valence-corrected chi connectivity index (χ2v) is 15.6. The van der Waals surface area contributed by atoms with Crippen LogP contribution in [0, 0.1) is 0 Å². The molecule has 0 saturated heterocycles. The molecule has 9 aromatic carbocycles. The van der Waals surface area contributed by atoms with Crippen molar-refractivity contribution in [1.82, 2.24) is 19.5 Å². The van der Waals surface area contributed by atoms with Crippen LogP contribution in [0.25, 0.3) is 117 Å². The summed E-state index contributed by atoms with van der Waals surface area (Å²) in [5, 5.41) is 4.39. The monoisotopic (exact) mass is 792 g/mol. The highest BCUT2D eigenvalue weighted by Gasteiger charge is 2.21. The Balaban J connectivity index is 0.992. The minimum atomic E-state index is 0.553. The van der Waals surface area contributed by atoms with Gasteiger partial charge in [0.05, 0.1) is 16.6 Å². The summed E-state index contributed by atoms with van der Waals surface area (Å²) >= 11 is 0. The van der Waals surface area contributed by atoms with E-state index in [0.29, 0.717) is 17.5 Å². The maximum absolute atomic E-state index is 6.91. The average Bonchev–Trinajstić information content (AvgIpc) is 3.89. The van der Waals surface area contributed by atoms with Crippen molar-refractivity contribution in [3.63, 3.8) is 0 Å². The third-order valence-corrected chi connectivity index (χ3v) is 11.9. The lowest BCUT2D eigenvalue weighted by Gasteiger charge is -2.10. The van der Waals surface area contributed by atoms with E-state index in [1.54, 1.807) is 0 Å². The average molecular weight is 793 g/mol. The molecule has 12 aromatic rings. The zero-order chi connectivity index (χ0) is 41.0. The number of hydrogen-bond donors (Lipinski definition) is 0. The molecule has 0 amide bonds. The van der Waals surface area contributed by atoms with Crippen LogP contribution in [0.1, 0.15) is 0 Å². The van der Waals surface area contributed by atoms with Gasteiger partial charge in [-0.1, -0.05) is 170 Å². The quantitative estimate of drug-likeness (QED) is 0.161. The van der Waals surface area contributed by atoms with Gasteiger partial charge in [-0.3, -0.25) is 0 Å². The van der Waals surface area contributed by atoms with Gasteiger partial charge in [-0.05, 0) is 75.8 Å². The fourth-order valence-electron chi connectivity index (χ4n) is 8.84. The number of furan rings is 1. The molecule has 3 aromatic heterocycles. The van der Waals surface area contributed by atoms with Gasteiger partial charge in [-0.2, -0.15) is 0 Å². The highest BCUT2D eigenvalue weighted by Crippen LogP contribution is 2.41. The number of fused-ring (bicyclic) bond motifs is 6. The van der Waals surface area contributed by atoms with Crippen LogP contribution in [0.4, 0.5) is 0 Å². The van der Waals surface area contributed by atoms with E-state index < -0.39 is 0 Å². The number of rotatable bonds is 7. The van der Waals surface area contributed by atoms with E-state index in [9.17, 15) is 0 Å². The van der Waals surface area contributed by atoms with E-state index in [1.165, 1.54) is 27.6 Å². The van der Waals surface area contributed by atoms with Crippen LogP contribution < -0.4 is 0 Å². The standard InChI is InChI=1S/C57H36N4O/c1-4-15-37(16-5-1)41-21-12-22-42(33-41)39-29-31-45(32-30-39)61-51-28-11-10-25-46(51)49-35-50-47-26-14-27-48(54(47)62-53(50)36-52(49)61)57-59-55(40-19-8-3-9-20-40)58-56(60-57)44-24-13-23-43(34-44)38-17-6-2-7-18-38/h1-36H. The lowest BCUT2D eigenvalue weighted by Crippen LogP contribution is -2.00. The van der Waals surface area contributed by atoms with Crippen LogP contribution in [0.5, 0.6) is 0 Å². The third-order valence-electron chi connectivity index (χ3n) is 11.9. The largest absolute Gasteiger partial charge is 0.455 e. The predicted molar refractivity (Wildman–Crippen MR) is 254 cm³/mol. The number of benzene rings is 9. The molecule has 0 N–H and O–H groups in total. The SMILES string of the molecule is c1ccc(-c2cccc(-c3ccc(-n4c5ccccc5c5cc6c(cc54)oc4c(-c5nc(-c7ccccc7)nc(-c7cccc(-c8ccccc8)c7)n5)cccc46)cc3)c2)cc1. The molecular formula is C57H36N4O. The van der Waals surface area contributed by atoms with Crippen molar-refractivity contribution in [2.45, 2.75) is 0 Å². The van der Waals surface area contributed by atoms with E-state index in [2.05, 4.69) is 180 Å². The van der Waals surface area contributed by atoms with E-state index in [-0.39, 0.29) is 0 Å². The summed E-state index contributed by atoms with van der Waals surface area (Å²) in [4.78, 5) is 15.3. The molecule has 290 valence electrons. The molecule has 0 spiro atoms. The summed E-state index contributed by atoms with van der Waals surface area (Å²) in [7, 11) is 0. The van der Waals surface area contributed by atoms with Gasteiger partial charge < -0.3 is 8.98 Å². The lowest BCUT2D eigenvalue weighted by molar-refractivity contribution is 0.670. The molecule has 0 saturated carbocycles. The van der Waals surface area contributed by atoms with Crippen molar-refractivity contribution in [3.8, 4) is 73.2 Å². The smallest absolute Gasteiger partial charge is 0.167 e. The Bertz CT molecular complexity index is 3610. The van der Waals surface area contributed by atoms with Crippen molar-refractivity contribution >= 4 is 43.7 Å². The zero-order valence-electron chi connectivity index (χ0n) is 33.5. The minimum Gasteiger partial charge on any atom is -0.455 e. The van der Waals surface area contributed by atoms with Crippen LogP contribution in [-0.2, 0) is 0 Å². The highest BCUT2D eigenvalue weighted by atomic mass is 16.3. The molecule has 12 rings (SSSR count). The molecular weight excluding hydrogens is 757 g/mol. The first-order valence-electron chi connectivity index (χ1n) is 20.8.